The summed E-state index contributed by atoms with van der Waals surface area (Å²) in [4.78, 5) is 2.30. The predicted octanol–water partition coefficient (Wildman–Crippen LogP) is 1.74. The van der Waals surface area contributed by atoms with E-state index in [4.69, 9.17) is 0 Å². The van der Waals surface area contributed by atoms with E-state index in [9.17, 15) is 5.11 Å². The Morgan fingerprint density at radius 3 is 2.75 bits per heavy atom. The molecule has 1 N–H and O–H groups in total. The lowest BCUT2D eigenvalue weighted by molar-refractivity contribution is -0.0871. The van der Waals surface area contributed by atoms with Gasteiger partial charge in [0.1, 0.15) is 0 Å². The molecule has 2 aliphatic rings. The van der Waals surface area contributed by atoms with Crippen molar-refractivity contribution in [3.8, 4) is 0 Å². The minimum Gasteiger partial charge on any atom is -0.388 e. The van der Waals surface area contributed by atoms with Crippen molar-refractivity contribution in [2.45, 2.75) is 38.3 Å². The third-order valence-corrected chi connectivity index (χ3v) is 3.70. The van der Waals surface area contributed by atoms with Crippen LogP contribution >= 0.6 is 0 Å². The van der Waals surface area contributed by atoms with Crippen LogP contribution in [0.3, 0.4) is 0 Å². The van der Waals surface area contributed by atoms with E-state index in [1.807, 2.05) is 6.92 Å². The fourth-order valence-electron chi connectivity index (χ4n) is 3.01. The number of benzene rings is 1. The van der Waals surface area contributed by atoms with Crippen molar-refractivity contribution in [3.63, 3.8) is 0 Å². The molecule has 0 spiro atoms. The Morgan fingerprint density at radius 2 is 2.00 bits per heavy atom. The number of β-amino-alcohol motifs (C(OH)–C–C–N with tert-alkyl or cyclic N) is 1. The van der Waals surface area contributed by atoms with Crippen molar-refractivity contribution in [2.24, 2.45) is 0 Å². The van der Waals surface area contributed by atoms with Crippen molar-refractivity contribution in [1.82, 2.24) is 4.90 Å². The van der Waals surface area contributed by atoms with E-state index >= 15 is 0 Å². The van der Waals surface area contributed by atoms with Gasteiger partial charge >= 0.3 is 0 Å². The zero-order chi connectivity index (χ0) is 11.2. The Balaban J connectivity index is 1.67. The second kappa shape index (κ2) is 3.57. The molecule has 0 saturated carbocycles. The maximum Gasteiger partial charge on any atom is 0.0872 e. The summed E-state index contributed by atoms with van der Waals surface area (Å²) in [6.45, 7) is 4.52. The van der Waals surface area contributed by atoms with Gasteiger partial charge in [-0.3, -0.25) is 4.90 Å². The average Bonchev–Trinajstić information content (AvgIpc) is 2.61. The summed E-state index contributed by atoms with van der Waals surface area (Å²) in [6, 6.07) is 6.89. The molecule has 1 aliphatic heterocycles. The monoisotopic (exact) mass is 217 g/mol. The highest BCUT2D eigenvalue weighted by Gasteiger charge is 2.36. The number of aryl methyl sites for hydroxylation is 2. The van der Waals surface area contributed by atoms with Crippen molar-refractivity contribution in [2.75, 3.05) is 13.1 Å². The van der Waals surface area contributed by atoms with Crippen LogP contribution in [0, 0.1) is 0 Å². The smallest absolute Gasteiger partial charge is 0.0872 e. The molecule has 1 aromatic carbocycles. The van der Waals surface area contributed by atoms with E-state index in [1.165, 1.54) is 24.8 Å². The molecule has 0 radical (unpaired) electrons. The predicted molar refractivity (Wildman–Crippen MR) is 64.4 cm³/mol. The van der Waals surface area contributed by atoms with Crippen LogP contribution in [0.1, 0.15) is 30.0 Å². The highest BCUT2D eigenvalue weighted by molar-refractivity contribution is 5.35. The Bertz CT molecular complexity index is 403. The van der Waals surface area contributed by atoms with Gasteiger partial charge in [0.2, 0.25) is 0 Å². The molecule has 1 aliphatic carbocycles. The molecule has 1 aromatic rings. The van der Waals surface area contributed by atoms with Crippen LogP contribution in [0.2, 0.25) is 0 Å². The van der Waals surface area contributed by atoms with E-state index in [-0.39, 0.29) is 0 Å². The molecular formula is C14H19NO. The Morgan fingerprint density at radius 1 is 1.25 bits per heavy atom. The van der Waals surface area contributed by atoms with E-state index in [0.29, 0.717) is 0 Å². The first-order chi connectivity index (χ1) is 7.62. The number of nitrogens with zero attached hydrogens (tertiary/aromatic N) is 1. The first-order valence-electron chi connectivity index (χ1n) is 6.18. The maximum absolute atomic E-state index is 9.67. The Hall–Kier alpha value is -0.860. The molecule has 0 atom stereocenters. The number of rotatable bonds is 2. The lowest BCUT2D eigenvalue weighted by Gasteiger charge is -2.44. The minimum atomic E-state index is -0.448. The number of fused-ring (bicyclic) bond motifs is 1. The van der Waals surface area contributed by atoms with E-state index in [2.05, 4.69) is 23.1 Å². The molecule has 0 unspecified atom stereocenters. The van der Waals surface area contributed by atoms with Gasteiger partial charge in [-0.2, -0.15) is 0 Å². The molecule has 3 rings (SSSR count). The third-order valence-electron chi connectivity index (χ3n) is 3.70. The molecule has 86 valence electrons. The second-order valence-electron chi connectivity index (χ2n) is 5.60. The lowest BCUT2D eigenvalue weighted by Crippen LogP contribution is -2.59. The molecule has 0 aromatic heterocycles. The summed E-state index contributed by atoms with van der Waals surface area (Å²) < 4.78 is 0. The Kier molecular flexibility index (Phi) is 2.30. The van der Waals surface area contributed by atoms with Crippen molar-refractivity contribution in [1.29, 1.82) is 0 Å². The SMILES string of the molecule is CC1(O)CN(Cc2ccc3c(c2)CCC3)C1. The van der Waals surface area contributed by atoms with E-state index in [1.54, 1.807) is 11.1 Å². The van der Waals surface area contributed by atoms with Gasteiger partial charge < -0.3 is 5.11 Å². The standard InChI is InChI=1S/C14H19NO/c1-14(16)9-15(10-14)8-11-5-6-12-3-2-4-13(12)7-11/h5-7,16H,2-4,8-10H2,1H3. The highest BCUT2D eigenvalue weighted by atomic mass is 16.3. The van der Waals surface area contributed by atoms with Gasteiger partial charge in [-0.05, 0) is 42.9 Å². The first kappa shape index (κ1) is 10.3. The summed E-state index contributed by atoms with van der Waals surface area (Å²) in [5, 5.41) is 9.67. The summed E-state index contributed by atoms with van der Waals surface area (Å²) in [7, 11) is 0. The van der Waals surface area contributed by atoms with Gasteiger partial charge in [-0.15, -0.1) is 0 Å². The second-order valence-corrected chi connectivity index (χ2v) is 5.60. The minimum absolute atomic E-state index is 0.448. The van der Waals surface area contributed by atoms with E-state index in [0.717, 1.165) is 19.6 Å². The number of likely N-dealkylation sites (tertiary alicyclic amines) is 1. The van der Waals surface area contributed by atoms with Crippen LogP contribution in [0.4, 0.5) is 0 Å². The number of hydrogen-bond acceptors (Lipinski definition) is 2. The number of aliphatic hydroxyl groups is 1. The zero-order valence-corrected chi connectivity index (χ0v) is 9.87. The van der Waals surface area contributed by atoms with Gasteiger partial charge in [0.05, 0.1) is 5.60 Å². The molecule has 1 saturated heterocycles. The maximum atomic E-state index is 9.67. The molecule has 0 bridgehead atoms. The van der Waals surface area contributed by atoms with Crippen molar-refractivity contribution in [3.05, 3.63) is 34.9 Å². The molecule has 2 heteroatoms. The summed E-state index contributed by atoms with van der Waals surface area (Å²) in [5.41, 5.74) is 4.04. The summed E-state index contributed by atoms with van der Waals surface area (Å²) >= 11 is 0. The van der Waals surface area contributed by atoms with Crippen LogP contribution in [-0.4, -0.2) is 28.7 Å². The largest absolute Gasteiger partial charge is 0.388 e. The van der Waals surface area contributed by atoms with Crippen LogP contribution in [0.25, 0.3) is 0 Å². The van der Waals surface area contributed by atoms with Gasteiger partial charge in [0.25, 0.3) is 0 Å². The fraction of sp³-hybridized carbons (Fsp3) is 0.571. The van der Waals surface area contributed by atoms with Crippen LogP contribution in [-0.2, 0) is 19.4 Å². The fourth-order valence-corrected chi connectivity index (χ4v) is 3.01. The van der Waals surface area contributed by atoms with Crippen molar-refractivity contribution >= 4 is 0 Å². The number of hydrogen-bond donors (Lipinski definition) is 1. The van der Waals surface area contributed by atoms with Crippen molar-refractivity contribution < 1.29 is 5.11 Å². The average molecular weight is 217 g/mol. The summed E-state index contributed by atoms with van der Waals surface area (Å²) in [5.74, 6) is 0. The van der Waals surface area contributed by atoms with Crippen LogP contribution in [0.15, 0.2) is 18.2 Å². The third kappa shape index (κ3) is 1.87. The molecule has 16 heavy (non-hydrogen) atoms. The molecule has 0 amide bonds. The van der Waals surface area contributed by atoms with Gasteiger partial charge in [0.15, 0.2) is 0 Å². The van der Waals surface area contributed by atoms with Crippen LogP contribution in [0.5, 0.6) is 0 Å². The summed E-state index contributed by atoms with van der Waals surface area (Å²) in [6.07, 6.45) is 3.83. The Labute approximate surface area is 96.9 Å². The lowest BCUT2D eigenvalue weighted by atomic mass is 9.96. The highest BCUT2D eigenvalue weighted by Crippen LogP contribution is 2.26. The normalized spacial score (nSPS) is 22.9. The molecule has 1 heterocycles. The van der Waals surface area contributed by atoms with Gasteiger partial charge in [0, 0.05) is 19.6 Å². The van der Waals surface area contributed by atoms with E-state index < -0.39 is 5.60 Å². The van der Waals surface area contributed by atoms with Gasteiger partial charge in [-0.1, -0.05) is 18.2 Å². The van der Waals surface area contributed by atoms with Gasteiger partial charge in [-0.25, -0.2) is 0 Å². The topological polar surface area (TPSA) is 23.5 Å². The quantitative estimate of drug-likeness (QED) is 0.815. The molecular weight excluding hydrogens is 198 g/mol. The molecule has 2 nitrogen and oxygen atoms in total. The first-order valence-corrected chi connectivity index (χ1v) is 6.18. The zero-order valence-electron chi connectivity index (χ0n) is 9.87. The van der Waals surface area contributed by atoms with Crippen LogP contribution < -0.4 is 0 Å². The molecule has 1 fully saturated rings.